The molecule has 0 radical (unpaired) electrons. The zero-order valence-corrected chi connectivity index (χ0v) is 10.7. The predicted octanol–water partition coefficient (Wildman–Crippen LogP) is 1.82. The number of rotatable bonds is 4. The molecule has 94 valence electrons. The monoisotopic (exact) mass is 283 g/mol. The minimum absolute atomic E-state index is 0.0100. The first-order valence-corrected chi connectivity index (χ1v) is 7.46. The highest BCUT2D eigenvalue weighted by molar-refractivity contribution is 7.90. The normalized spacial score (nSPS) is 11.3. The van der Waals surface area contributed by atoms with Gasteiger partial charge in [0.1, 0.15) is 0 Å². The van der Waals surface area contributed by atoms with E-state index in [9.17, 15) is 13.2 Å². The van der Waals surface area contributed by atoms with E-state index in [2.05, 4.69) is 4.98 Å². The third kappa shape index (κ3) is 2.74. The molecule has 1 aromatic carbocycles. The van der Waals surface area contributed by atoms with E-state index in [0.717, 1.165) is 0 Å². The summed E-state index contributed by atoms with van der Waals surface area (Å²) in [7, 11) is -3.53. The Morgan fingerprint density at radius 1 is 1.39 bits per heavy atom. The fraction of sp³-hybridized carbons (Fsp3) is 0.0909. The molecule has 1 N–H and O–H groups in total. The second kappa shape index (κ2) is 4.87. The Morgan fingerprint density at radius 2 is 2.17 bits per heavy atom. The Balaban J connectivity index is 2.35. The quantitative estimate of drug-likeness (QED) is 0.925. The number of hydrogen-bond donors (Lipinski definition) is 1. The largest absolute Gasteiger partial charge is 0.478 e. The highest BCUT2D eigenvalue weighted by atomic mass is 32.2. The average molecular weight is 283 g/mol. The van der Waals surface area contributed by atoms with E-state index in [-0.39, 0.29) is 16.2 Å². The lowest BCUT2D eigenvalue weighted by atomic mass is 10.2. The molecule has 0 saturated carbocycles. The number of carboxylic acid groups (broad SMARTS) is 1. The molecule has 5 nitrogen and oxygen atoms in total. The third-order valence-electron chi connectivity index (χ3n) is 2.26. The van der Waals surface area contributed by atoms with Crippen LogP contribution >= 0.6 is 11.3 Å². The third-order valence-corrected chi connectivity index (χ3v) is 4.88. The molecule has 1 heterocycles. The molecule has 0 unspecified atom stereocenters. The number of hydrogen-bond acceptors (Lipinski definition) is 5. The van der Waals surface area contributed by atoms with Crippen LogP contribution in [0.5, 0.6) is 0 Å². The Morgan fingerprint density at radius 3 is 2.78 bits per heavy atom. The maximum Gasteiger partial charge on any atom is 0.335 e. The van der Waals surface area contributed by atoms with Crippen molar-refractivity contribution in [2.75, 3.05) is 0 Å². The van der Waals surface area contributed by atoms with Gasteiger partial charge in [-0.1, -0.05) is 6.07 Å². The van der Waals surface area contributed by atoms with E-state index < -0.39 is 15.8 Å². The van der Waals surface area contributed by atoms with Crippen LogP contribution in [0.15, 0.2) is 40.9 Å². The predicted molar refractivity (Wildman–Crippen MR) is 66.4 cm³/mol. The summed E-state index contributed by atoms with van der Waals surface area (Å²) in [6, 6.07) is 5.33. The molecule has 0 aliphatic heterocycles. The van der Waals surface area contributed by atoms with Gasteiger partial charge in [-0.2, -0.15) is 0 Å². The van der Waals surface area contributed by atoms with E-state index in [4.69, 9.17) is 5.11 Å². The number of benzene rings is 1. The molecule has 0 fully saturated rings. The molecule has 2 rings (SSSR count). The van der Waals surface area contributed by atoms with Gasteiger partial charge in [0.25, 0.3) is 0 Å². The number of sulfone groups is 1. The number of aromatic nitrogens is 1. The van der Waals surface area contributed by atoms with E-state index in [0.29, 0.717) is 4.88 Å². The van der Waals surface area contributed by atoms with Crippen molar-refractivity contribution in [1.82, 2.24) is 4.98 Å². The van der Waals surface area contributed by atoms with Gasteiger partial charge in [-0.05, 0) is 18.2 Å². The molecule has 0 aliphatic rings. The SMILES string of the molecule is O=C(O)c1cccc(S(=O)(=O)Cc2cncs2)c1. The van der Waals surface area contributed by atoms with Gasteiger partial charge >= 0.3 is 5.97 Å². The van der Waals surface area contributed by atoms with E-state index in [1.54, 1.807) is 5.51 Å². The molecular weight excluding hydrogens is 274 g/mol. The Labute approximate surface area is 108 Å². The summed E-state index contributed by atoms with van der Waals surface area (Å²) in [5.74, 6) is -1.31. The highest BCUT2D eigenvalue weighted by Gasteiger charge is 2.17. The average Bonchev–Trinajstić information content (AvgIpc) is 2.81. The van der Waals surface area contributed by atoms with Crippen LogP contribution in [0, 0.1) is 0 Å². The topological polar surface area (TPSA) is 84.3 Å². The fourth-order valence-corrected chi connectivity index (χ4v) is 3.73. The van der Waals surface area contributed by atoms with Gasteiger partial charge in [-0.25, -0.2) is 13.2 Å². The zero-order chi connectivity index (χ0) is 13.2. The maximum absolute atomic E-state index is 12.1. The molecule has 0 amide bonds. The first kappa shape index (κ1) is 12.7. The van der Waals surface area contributed by atoms with E-state index in [1.165, 1.54) is 41.8 Å². The van der Waals surface area contributed by atoms with Crippen LogP contribution < -0.4 is 0 Å². The number of nitrogens with zero attached hydrogens (tertiary/aromatic N) is 1. The van der Waals surface area contributed by atoms with E-state index >= 15 is 0 Å². The zero-order valence-electron chi connectivity index (χ0n) is 9.11. The van der Waals surface area contributed by atoms with Gasteiger partial charge in [-0.15, -0.1) is 11.3 Å². The van der Waals surface area contributed by atoms with Crippen molar-refractivity contribution in [2.45, 2.75) is 10.6 Å². The Hall–Kier alpha value is -1.73. The smallest absolute Gasteiger partial charge is 0.335 e. The first-order chi connectivity index (χ1) is 8.49. The van der Waals surface area contributed by atoms with Gasteiger partial charge in [0.15, 0.2) is 9.84 Å². The van der Waals surface area contributed by atoms with Gasteiger partial charge in [0, 0.05) is 11.1 Å². The van der Waals surface area contributed by atoms with Crippen LogP contribution in [0.4, 0.5) is 0 Å². The van der Waals surface area contributed by atoms with Crippen LogP contribution in [0.1, 0.15) is 15.2 Å². The second-order valence-corrected chi connectivity index (χ2v) is 6.52. The lowest BCUT2D eigenvalue weighted by Gasteiger charge is -2.03. The summed E-state index contributed by atoms with van der Waals surface area (Å²) in [4.78, 5) is 15.2. The van der Waals surface area contributed by atoms with Gasteiger partial charge in [0.05, 0.1) is 21.7 Å². The lowest BCUT2D eigenvalue weighted by Crippen LogP contribution is -2.06. The number of aromatic carboxylic acids is 1. The van der Waals surface area contributed by atoms with Crippen LogP contribution in [-0.4, -0.2) is 24.5 Å². The summed E-state index contributed by atoms with van der Waals surface area (Å²) in [5.41, 5.74) is 1.51. The summed E-state index contributed by atoms with van der Waals surface area (Å²) < 4.78 is 24.1. The van der Waals surface area contributed by atoms with Crippen LogP contribution in [0.25, 0.3) is 0 Å². The van der Waals surface area contributed by atoms with Crippen LogP contribution in [0.2, 0.25) is 0 Å². The summed E-state index contributed by atoms with van der Waals surface area (Å²) >= 11 is 1.25. The van der Waals surface area contributed by atoms with E-state index in [1.807, 2.05) is 0 Å². The molecule has 18 heavy (non-hydrogen) atoms. The van der Waals surface area contributed by atoms with Crippen LogP contribution in [0.3, 0.4) is 0 Å². The minimum Gasteiger partial charge on any atom is -0.478 e. The van der Waals surface area contributed by atoms with Gasteiger partial charge < -0.3 is 5.11 Å². The molecule has 0 atom stereocenters. The highest BCUT2D eigenvalue weighted by Crippen LogP contribution is 2.19. The number of carboxylic acids is 1. The lowest BCUT2D eigenvalue weighted by molar-refractivity contribution is 0.0696. The van der Waals surface area contributed by atoms with Crippen molar-refractivity contribution in [1.29, 1.82) is 0 Å². The van der Waals surface area contributed by atoms with Crippen molar-refractivity contribution < 1.29 is 18.3 Å². The van der Waals surface area contributed by atoms with Gasteiger partial charge in [0.2, 0.25) is 0 Å². The number of thiazole rings is 1. The van der Waals surface area contributed by atoms with Crippen molar-refractivity contribution in [3.63, 3.8) is 0 Å². The number of carbonyl (C=O) groups is 1. The molecule has 7 heteroatoms. The van der Waals surface area contributed by atoms with Gasteiger partial charge in [-0.3, -0.25) is 4.98 Å². The molecule has 0 spiro atoms. The standard InChI is InChI=1S/C11H9NO4S2/c13-11(14)8-2-1-3-10(4-8)18(15,16)6-9-5-12-7-17-9/h1-5,7H,6H2,(H,13,14). The Bertz CT molecular complexity index is 662. The van der Waals surface area contributed by atoms with Crippen molar-refractivity contribution in [2.24, 2.45) is 0 Å². The Kier molecular flexibility index (Phi) is 3.44. The second-order valence-electron chi connectivity index (χ2n) is 3.56. The molecule has 0 saturated heterocycles. The van der Waals surface area contributed by atoms with Crippen LogP contribution in [-0.2, 0) is 15.6 Å². The minimum atomic E-state index is -3.53. The summed E-state index contributed by atoms with van der Waals surface area (Å²) in [6.07, 6.45) is 1.49. The van der Waals surface area contributed by atoms with Crippen molar-refractivity contribution in [3.8, 4) is 0 Å². The van der Waals surface area contributed by atoms with Crippen molar-refractivity contribution in [3.05, 3.63) is 46.4 Å². The van der Waals surface area contributed by atoms with Crippen molar-refractivity contribution >= 4 is 27.1 Å². The summed E-state index contributed by atoms with van der Waals surface area (Å²) in [5, 5.41) is 8.83. The molecule has 1 aromatic heterocycles. The molecule has 0 aliphatic carbocycles. The first-order valence-electron chi connectivity index (χ1n) is 4.92. The summed E-state index contributed by atoms with van der Waals surface area (Å²) in [6.45, 7) is 0. The molecular formula is C11H9NO4S2. The molecule has 0 bridgehead atoms. The maximum atomic E-state index is 12.1. The fourth-order valence-electron chi connectivity index (χ4n) is 1.41. The molecule has 2 aromatic rings.